The monoisotopic (exact) mass is 347 g/mol. The minimum Gasteiger partial charge on any atom is -0.351 e. The highest BCUT2D eigenvalue weighted by Gasteiger charge is 2.19. The maximum absolute atomic E-state index is 12.6. The van der Waals surface area contributed by atoms with E-state index in [-0.39, 0.29) is 11.9 Å². The predicted octanol–water partition coefficient (Wildman–Crippen LogP) is 3.35. The maximum Gasteiger partial charge on any atom is 0.251 e. The number of aryl methyl sites for hydroxylation is 1. The van der Waals surface area contributed by atoms with Gasteiger partial charge in [0.2, 0.25) is 0 Å². The van der Waals surface area contributed by atoms with Crippen LogP contribution in [0.1, 0.15) is 28.4 Å². The zero-order valence-corrected chi connectivity index (χ0v) is 15.4. The molecule has 1 aliphatic rings. The number of amides is 1. The fraction of sp³-hybridized carbons (Fsp3) is 0.318. The summed E-state index contributed by atoms with van der Waals surface area (Å²) in [7, 11) is 2.00. The molecule has 0 saturated carbocycles. The van der Waals surface area contributed by atoms with Crippen LogP contribution >= 0.6 is 0 Å². The van der Waals surface area contributed by atoms with Crippen molar-refractivity contribution in [2.45, 2.75) is 25.9 Å². The molecule has 3 aromatic rings. The second-order valence-electron chi connectivity index (χ2n) is 7.33. The molecular formula is C22H25N3O. The third-order valence-electron chi connectivity index (χ3n) is 5.27. The molecule has 0 radical (unpaired) electrons. The average Bonchev–Trinajstić information content (AvgIpc) is 3.02. The molecule has 0 aliphatic carbocycles. The molecule has 0 bridgehead atoms. The van der Waals surface area contributed by atoms with Gasteiger partial charge in [0.25, 0.3) is 5.91 Å². The van der Waals surface area contributed by atoms with Gasteiger partial charge in [-0.25, -0.2) is 0 Å². The third-order valence-corrected chi connectivity index (χ3v) is 5.27. The van der Waals surface area contributed by atoms with E-state index in [4.69, 9.17) is 0 Å². The van der Waals surface area contributed by atoms with Crippen molar-refractivity contribution in [3.63, 3.8) is 0 Å². The van der Waals surface area contributed by atoms with E-state index in [0.29, 0.717) is 0 Å². The minimum absolute atomic E-state index is 0.00184. The smallest absolute Gasteiger partial charge is 0.251 e. The molecule has 0 fully saturated rings. The fourth-order valence-corrected chi connectivity index (χ4v) is 3.85. The van der Waals surface area contributed by atoms with Crippen molar-refractivity contribution in [2.24, 2.45) is 7.05 Å². The number of fused-ring (bicyclic) bond motifs is 2. The average molecular weight is 347 g/mol. The first kappa shape index (κ1) is 16.9. The summed E-state index contributed by atoms with van der Waals surface area (Å²) < 4.78 is 2.04. The van der Waals surface area contributed by atoms with E-state index in [9.17, 15) is 4.79 Å². The van der Waals surface area contributed by atoms with Crippen LogP contribution in [0.2, 0.25) is 0 Å². The van der Waals surface area contributed by atoms with Crippen LogP contribution in [0.15, 0.2) is 54.7 Å². The third kappa shape index (κ3) is 3.37. The van der Waals surface area contributed by atoms with Crippen LogP contribution in [-0.4, -0.2) is 34.5 Å². The van der Waals surface area contributed by atoms with Crippen molar-refractivity contribution in [1.82, 2.24) is 14.8 Å². The normalized spacial score (nSPS) is 15.6. The van der Waals surface area contributed by atoms with Gasteiger partial charge in [0.1, 0.15) is 0 Å². The summed E-state index contributed by atoms with van der Waals surface area (Å²) in [6, 6.07) is 16.7. The van der Waals surface area contributed by atoms with E-state index in [1.165, 1.54) is 11.1 Å². The molecule has 2 aromatic carbocycles. The van der Waals surface area contributed by atoms with Crippen LogP contribution in [0.5, 0.6) is 0 Å². The van der Waals surface area contributed by atoms with Crippen LogP contribution in [-0.2, 0) is 20.0 Å². The number of carbonyl (C=O) groups is 1. The summed E-state index contributed by atoms with van der Waals surface area (Å²) >= 11 is 0. The van der Waals surface area contributed by atoms with Crippen LogP contribution < -0.4 is 5.32 Å². The van der Waals surface area contributed by atoms with Gasteiger partial charge in [0.05, 0.1) is 0 Å². The van der Waals surface area contributed by atoms with E-state index in [0.717, 1.165) is 42.5 Å². The number of nitrogens with zero attached hydrogens (tertiary/aromatic N) is 2. The van der Waals surface area contributed by atoms with E-state index < -0.39 is 0 Å². The van der Waals surface area contributed by atoms with Crippen LogP contribution in [0.3, 0.4) is 0 Å². The van der Waals surface area contributed by atoms with Crippen molar-refractivity contribution < 1.29 is 4.79 Å². The summed E-state index contributed by atoms with van der Waals surface area (Å²) in [5.74, 6) is -0.00184. The van der Waals surface area contributed by atoms with Gasteiger partial charge in [-0.05, 0) is 48.1 Å². The highest BCUT2D eigenvalue weighted by atomic mass is 16.1. The molecule has 0 saturated heterocycles. The standard InChI is InChI=1S/C22H25N3O/c1-16(14-25-12-10-17-5-3-4-6-20(17)15-25)23-22(26)19-8-7-18-9-11-24(2)21(18)13-19/h3-9,11,13,16H,10,12,14-15H2,1-2H3,(H,23,26)/t16-/m1/s1. The van der Waals surface area contributed by atoms with Gasteiger partial charge in [0, 0.05) is 50.0 Å². The number of aromatic nitrogens is 1. The van der Waals surface area contributed by atoms with Crippen molar-refractivity contribution in [3.05, 3.63) is 71.4 Å². The van der Waals surface area contributed by atoms with Gasteiger partial charge in [-0.3, -0.25) is 9.69 Å². The minimum atomic E-state index is -0.00184. The molecule has 1 aromatic heterocycles. The van der Waals surface area contributed by atoms with Crippen LogP contribution in [0, 0.1) is 0 Å². The molecule has 134 valence electrons. The van der Waals surface area contributed by atoms with Gasteiger partial charge >= 0.3 is 0 Å². The lowest BCUT2D eigenvalue weighted by Crippen LogP contribution is -2.43. The van der Waals surface area contributed by atoms with Crippen LogP contribution in [0.4, 0.5) is 0 Å². The molecule has 0 unspecified atom stereocenters. The van der Waals surface area contributed by atoms with E-state index >= 15 is 0 Å². The first-order valence-corrected chi connectivity index (χ1v) is 9.25. The Hall–Kier alpha value is -2.59. The molecule has 1 atom stereocenters. The highest BCUT2D eigenvalue weighted by molar-refractivity contribution is 5.98. The Morgan fingerprint density at radius 1 is 1.15 bits per heavy atom. The first-order valence-electron chi connectivity index (χ1n) is 9.25. The molecule has 1 N–H and O–H groups in total. The topological polar surface area (TPSA) is 37.3 Å². The lowest BCUT2D eigenvalue weighted by atomic mass is 9.99. The van der Waals surface area contributed by atoms with Crippen molar-refractivity contribution >= 4 is 16.8 Å². The zero-order valence-electron chi connectivity index (χ0n) is 15.4. The SMILES string of the molecule is C[C@H](CN1CCc2ccccc2C1)NC(=O)c1ccc2ccn(C)c2c1. The number of carbonyl (C=O) groups excluding carboxylic acids is 1. The summed E-state index contributed by atoms with van der Waals surface area (Å²) in [5, 5.41) is 4.31. The van der Waals surface area contributed by atoms with E-state index in [1.54, 1.807) is 0 Å². The van der Waals surface area contributed by atoms with Gasteiger partial charge in [0.15, 0.2) is 0 Å². The Morgan fingerprint density at radius 3 is 2.81 bits per heavy atom. The number of hydrogen-bond donors (Lipinski definition) is 1. The van der Waals surface area contributed by atoms with Crippen molar-refractivity contribution in [1.29, 1.82) is 0 Å². The summed E-state index contributed by atoms with van der Waals surface area (Å²) in [6.45, 7) is 4.96. The highest BCUT2D eigenvalue weighted by Crippen LogP contribution is 2.19. The second kappa shape index (κ2) is 6.96. The Bertz CT molecular complexity index is 943. The van der Waals surface area contributed by atoms with Gasteiger partial charge in [-0.1, -0.05) is 30.3 Å². The fourth-order valence-electron chi connectivity index (χ4n) is 3.85. The molecule has 4 nitrogen and oxygen atoms in total. The molecule has 0 spiro atoms. The van der Waals surface area contributed by atoms with E-state index in [2.05, 4.69) is 47.5 Å². The predicted molar refractivity (Wildman–Crippen MR) is 105 cm³/mol. The summed E-state index contributed by atoms with van der Waals surface area (Å²) in [4.78, 5) is 15.1. The quantitative estimate of drug-likeness (QED) is 0.786. The molecule has 4 heteroatoms. The second-order valence-corrected chi connectivity index (χ2v) is 7.33. The van der Waals surface area contributed by atoms with Crippen molar-refractivity contribution in [3.8, 4) is 0 Å². The number of nitrogens with one attached hydrogen (secondary N) is 1. The summed E-state index contributed by atoms with van der Waals surface area (Å²) in [6.07, 6.45) is 3.10. The molecule has 26 heavy (non-hydrogen) atoms. The van der Waals surface area contributed by atoms with Crippen LogP contribution in [0.25, 0.3) is 10.9 Å². The largest absolute Gasteiger partial charge is 0.351 e. The Balaban J connectivity index is 1.39. The number of hydrogen-bond acceptors (Lipinski definition) is 2. The summed E-state index contributed by atoms with van der Waals surface area (Å²) in [5.41, 5.74) is 4.66. The van der Waals surface area contributed by atoms with E-state index in [1.807, 2.05) is 36.0 Å². The van der Waals surface area contributed by atoms with Crippen molar-refractivity contribution in [2.75, 3.05) is 13.1 Å². The van der Waals surface area contributed by atoms with Gasteiger partial charge in [-0.2, -0.15) is 0 Å². The Kier molecular flexibility index (Phi) is 4.51. The molecule has 4 rings (SSSR count). The van der Waals surface area contributed by atoms with Gasteiger partial charge < -0.3 is 9.88 Å². The number of benzene rings is 2. The lowest BCUT2D eigenvalue weighted by molar-refractivity contribution is 0.0927. The lowest BCUT2D eigenvalue weighted by Gasteiger charge is -2.31. The molecule has 2 heterocycles. The first-order chi connectivity index (χ1) is 12.6. The molecular weight excluding hydrogens is 322 g/mol. The molecule has 1 aliphatic heterocycles. The number of rotatable bonds is 4. The Labute approximate surface area is 154 Å². The Morgan fingerprint density at radius 2 is 1.96 bits per heavy atom. The molecule has 1 amide bonds. The zero-order chi connectivity index (χ0) is 18.1. The van der Waals surface area contributed by atoms with Gasteiger partial charge in [-0.15, -0.1) is 0 Å². The maximum atomic E-state index is 12.6.